The summed E-state index contributed by atoms with van der Waals surface area (Å²) in [6, 6.07) is 6.14. The molecule has 1 saturated heterocycles. The van der Waals surface area contributed by atoms with Crippen LogP contribution in [0.15, 0.2) is 30.6 Å². The third kappa shape index (κ3) is 2.32. The molecule has 2 aromatic heterocycles. The molecule has 100 valence electrons. The van der Waals surface area contributed by atoms with Gasteiger partial charge in [0.2, 0.25) is 5.91 Å². The predicted molar refractivity (Wildman–Crippen MR) is 74.5 cm³/mol. The SMILES string of the molecule is O=C(CCl)N1CCCC(c2cccc3nccn23)C1. The minimum atomic E-state index is 0.0316. The second-order valence-electron chi connectivity index (χ2n) is 4.92. The second-order valence-corrected chi connectivity index (χ2v) is 5.19. The molecule has 0 spiro atoms. The van der Waals surface area contributed by atoms with Crippen molar-refractivity contribution in [2.24, 2.45) is 0 Å². The molecule has 4 nitrogen and oxygen atoms in total. The number of carbonyl (C=O) groups excluding carboxylic acids is 1. The molecule has 0 aromatic carbocycles. The zero-order valence-electron chi connectivity index (χ0n) is 10.6. The van der Waals surface area contributed by atoms with Crippen LogP contribution in [0.2, 0.25) is 0 Å². The van der Waals surface area contributed by atoms with Crippen molar-refractivity contribution in [3.05, 3.63) is 36.3 Å². The van der Waals surface area contributed by atoms with Crippen LogP contribution in [0.5, 0.6) is 0 Å². The van der Waals surface area contributed by atoms with Crippen molar-refractivity contribution < 1.29 is 4.79 Å². The van der Waals surface area contributed by atoms with Crippen molar-refractivity contribution in [3.8, 4) is 0 Å². The lowest BCUT2D eigenvalue weighted by Gasteiger charge is -2.32. The molecular formula is C14H16ClN3O. The Hall–Kier alpha value is -1.55. The van der Waals surface area contributed by atoms with Gasteiger partial charge in [0.05, 0.1) is 0 Å². The van der Waals surface area contributed by atoms with Crippen LogP contribution in [0.4, 0.5) is 0 Å². The summed E-state index contributed by atoms with van der Waals surface area (Å²) < 4.78 is 2.11. The number of nitrogens with zero attached hydrogens (tertiary/aromatic N) is 3. The van der Waals surface area contributed by atoms with Crippen LogP contribution in [0.3, 0.4) is 0 Å². The Labute approximate surface area is 117 Å². The number of fused-ring (bicyclic) bond motifs is 1. The summed E-state index contributed by atoms with van der Waals surface area (Å²) in [6.45, 7) is 1.57. The molecule has 2 aromatic rings. The number of rotatable bonds is 2. The smallest absolute Gasteiger partial charge is 0.237 e. The molecule has 0 aliphatic carbocycles. The highest BCUT2D eigenvalue weighted by Crippen LogP contribution is 2.27. The van der Waals surface area contributed by atoms with E-state index in [9.17, 15) is 4.79 Å². The fourth-order valence-electron chi connectivity index (χ4n) is 2.83. The van der Waals surface area contributed by atoms with Gasteiger partial charge in [-0.25, -0.2) is 4.98 Å². The average molecular weight is 278 g/mol. The van der Waals surface area contributed by atoms with E-state index in [4.69, 9.17) is 11.6 Å². The maximum Gasteiger partial charge on any atom is 0.237 e. The number of pyridine rings is 1. The van der Waals surface area contributed by atoms with Gasteiger partial charge in [0, 0.05) is 37.1 Å². The molecule has 0 radical (unpaired) electrons. The average Bonchev–Trinajstić information content (AvgIpc) is 2.94. The first-order chi connectivity index (χ1) is 9.29. The van der Waals surface area contributed by atoms with Gasteiger partial charge in [0.15, 0.2) is 0 Å². The van der Waals surface area contributed by atoms with E-state index in [0.717, 1.165) is 31.6 Å². The highest BCUT2D eigenvalue weighted by atomic mass is 35.5. The van der Waals surface area contributed by atoms with Crippen LogP contribution in [0, 0.1) is 0 Å². The number of likely N-dealkylation sites (tertiary alicyclic amines) is 1. The summed E-state index contributed by atoms with van der Waals surface area (Å²) in [6.07, 6.45) is 5.91. The van der Waals surface area contributed by atoms with Crippen LogP contribution in [-0.4, -0.2) is 39.2 Å². The normalized spacial score (nSPS) is 19.8. The topological polar surface area (TPSA) is 37.6 Å². The molecule has 1 atom stereocenters. The maximum absolute atomic E-state index is 11.7. The number of hydrogen-bond donors (Lipinski definition) is 0. The van der Waals surface area contributed by atoms with Crippen molar-refractivity contribution in [3.63, 3.8) is 0 Å². The molecule has 19 heavy (non-hydrogen) atoms. The molecule has 0 bridgehead atoms. The van der Waals surface area contributed by atoms with Crippen LogP contribution >= 0.6 is 11.6 Å². The van der Waals surface area contributed by atoms with Gasteiger partial charge >= 0.3 is 0 Å². The zero-order chi connectivity index (χ0) is 13.2. The first kappa shape index (κ1) is 12.5. The van der Waals surface area contributed by atoms with Crippen LogP contribution in [0.1, 0.15) is 24.5 Å². The van der Waals surface area contributed by atoms with E-state index in [1.54, 1.807) is 0 Å². The molecule has 3 rings (SSSR count). The summed E-state index contributed by atoms with van der Waals surface area (Å²) in [7, 11) is 0. The molecule has 1 fully saturated rings. The van der Waals surface area contributed by atoms with Crippen molar-refractivity contribution in [2.75, 3.05) is 19.0 Å². The lowest BCUT2D eigenvalue weighted by molar-refractivity contribution is -0.129. The number of aromatic nitrogens is 2. The summed E-state index contributed by atoms with van der Waals surface area (Å²) in [5.74, 6) is 0.463. The molecule has 1 unspecified atom stereocenters. The highest BCUT2D eigenvalue weighted by Gasteiger charge is 2.25. The number of amides is 1. The predicted octanol–water partition coefficient (Wildman–Crippen LogP) is 2.28. The summed E-state index contributed by atoms with van der Waals surface area (Å²) in [4.78, 5) is 17.9. The Balaban J connectivity index is 1.89. The van der Waals surface area contributed by atoms with E-state index in [0.29, 0.717) is 5.92 Å². The van der Waals surface area contributed by atoms with E-state index in [1.807, 2.05) is 29.4 Å². The summed E-state index contributed by atoms with van der Waals surface area (Å²) in [5.41, 5.74) is 2.18. The molecule has 0 N–H and O–H groups in total. The minimum Gasteiger partial charge on any atom is -0.341 e. The fraction of sp³-hybridized carbons (Fsp3) is 0.429. The Morgan fingerprint density at radius 2 is 2.37 bits per heavy atom. The van der Waals surface area contributed by atoms with Crippen LogP contribution in [-0.2, 0) is 4.79 Å². The Morgan fingerprint density at radius 1 is 1.47 bits per heavy atom. The van der Waals surface area contributed by atoms with Crippen LogP contribution in [0.25, 0.3) is 5.65 Å². The first-order valence-electron chi connectivity index (χ1n) is 6.55. The number of piperidine rings is 1. The summed E-state index contributed by atoms with van der Waals surface area (Å²) in [5, 5.41) is 0. The van der Waals surface area contributed by atoms with Gasteiger partial charge in [-0.3, -0.25) is 4.79 Å². The monoisotopic (exact) mass is 277 g/mol. The van der Waals surface area contributed by atoms with Gasteiger partial charge < -0.3 is 9.30 Å². The minimum absolute atomic E-state index is 0.0316. The quantitative estimate of drug-likeness (QED) is 0.790. The molecule has 1 aliphatic heterocycles. The Morgan fingerprint density at radius 3 is 3.21 bits per heavy atom. The molecule has 1 aliphatic rings. The van der Waals surface area contributed by atoms with Gasteiger partial charge in [0.25, 0.3) is 0 Å². The zero-order valence-corrected chi connectivity index (χ0v) is 11.4. The van der Waals surface area contributed by atoms with E-state index in [1.165, 1.54) is 5.69 Å². The van der Waals surface area contributed by atoms with Crippen molar-refractivity contribution in [1.82, 2.24) is 14.3 Å². The van der Waals surface area contributed by atoms with Gasteiger partial charge in [0.1, 0.15) is 11.5 Å². The standard InChI is InChI=1S/C14H16ClN3O/c15-9-14(19)17-7-2-3-11(10-17)12-4-1-5-13-16-6-8-18(12)13/h1,4-6,8,11H,2-3,7,9-10H2. The largest absolute Gasteiger partial charge is 0.341 e. The van der Waals surface area contributed by atoms with Gasteiger partial charge in [-0.2, -0.15) is 0 Å². The Bertz CT molecular complexity index is 595. The molecule has 3 heterocycles. The molecular weight excluding hydrogens is 262 g/mol. The van der Waals surface area contributed by atoms with E-state index in [-0.39, 0.29) is 11.8 Å². The fourth-order valence-corrected chi connectivity index (χ4v) is 3.00. The van der Waals surface area contributed by atoms with E-state index < -0.39 is 0 Å². The first-order valence-corrected chi connectivity index (χ1v) is 7.09. The van der Waals surface area contributed by atoms with Gasteiger partial charge in [-0.05, 0) is 25.0 Å². The van der Waals surface area contributed by atoms with Crippen molar-refractivity contribution >= 4 is 23.2 Å². The number of halogens is 1. The lowest BCUT2D eigenvalue weighted by Crippen LogP contribution is -2.40. The maximum atomic E-state index is 11.7. The number of alkyl halides is 1. The van der Waals surface area contributed by atoms with E-state index in [2.05, 4.69) is 15.5 Å². The number of imidazole rings is 1. The second kappa shape index (κ2) is 5.21. The third-order valence-electron chi connectivity index (χ3n) is 3.77. The number of carbonyl (C=O) groups is 1. The van der Waals surface area contributed by atoms with Crippen molar-refractivity contribution in [1.29, 1.82) is 0 Å². The van der Waals surface area contributed by atoms with Gasteiger partial charge in [-0.15, -0.1) is 11.6 Å². The van der Waals surface area contributed by atoms with Gasteiger partial charge in [-0.1, -0.05) is 6.07 Å². The lowest BCUT2D eigenvalue weighted by atomic mass is 9.94. The highest BCUT2D eigenvalue weighted by molar-refractivity contribution is 6.27. The molecule has 1 amide bonds. The molecule has 0 saturated carbocycles. The van der Waals surface area contributed by atoms with Crippen molar-refractivity contribution in [2.45, 2.75) is 18.8 Å². The number of hydrogen-bond acceptors (Lipinski definition) is 2. The van der Waals surface area contributed by atoms with Crippen LogP contribution < -0.4 is 0 Å². The van der Waals surface area contributed by atoms with E-state index >= 15 is 0 Å². The Kier molecular flexibility index (Phi) is 3.42. The summed E-state index contributed by atoms with van der Waals surface area (Å²) >= 11 is 5.65. The third-order valence-corrected chi connectivity index (χ3v) is 4.00. The molecule has 5 heteroatoms.